The van der Waals surface area contributed by atoms with E-state index in [1.54, 1.807) is 18.2 Å². The molecule has 0 aliphatic carbocycles. The summed E-state index contributed by atoms with van der Waals surface area (Å²) in [6.07, 6.45) is 0.981. The van der Waals surface area contributed by atoms with Crippen molar-refractivity contribution in [3.05, 3.63) is 23.8 Å². The fourth-order valence-electron chi connectivity index (χ4n) is 2.43. The van der Waals surface area contributed by atoms with Crippen LogP contribution in [-0.2, 0) is 4.74 Å². The molecule has 5 nitrogen and oxygen atoms in total. The molecule has 20 heavy (non-hydrogen) atoms. The Morgan fingerprint density at radius 1 is 1.25 bits per heavy atom. The van der Waals surface area contributed by atoms with Gasteiger partial charge >= 0.3 is 0 Å². The fourth-order valence-corrected chi connectivity index (χ4v) is 2.43. The van der Waals surface area contributed by atoms with Crippen LogP contribution < -0.4 is 14.8 Å². The third-order valence-corrected chi connectivity index (χ3v) is 3.78. The molecule has 1 N–H and O–H groups in total. The zero-order chi connectivity index (χ0) is 14.0. The van der Waals surface area contributed by atoms with Crippen LogP contribution in [-0.4, -0.2) is 38.9 Å². The Kier molecular flexibility index (Phi) is 3.53. The second-order valence-corrected chi connectivity index (χ2v) is 5.65. The molecule has 3 rings (SSSR count). The van der Waals surface area contributed by atoms with Gasteiger partial charge in [0.25, 0.3) is 5.91 Å². The minimum atomic E-state index is -0.0879. The SMILES string of the molecule is C[C@]1(CNC(=O)c2ccc3c(c2)OCCO3)CCOC1. The van der Waals surface area contributed by atoms with Crippen LogP contribution in [0.3, 0.4) is 0 Å². The molecule has 0 spiro atoms. The molecule has 0 unspecified atom stereocenters. The molecular weight excluding hydrogens is 258 g/mol. The molecule has 1 aromatic carbocycles. The Morgan fingerprint density at radius 2 is 2.05 bits per heavy atom. The van der Waals surface area contributed by atoms with Gasteiger partial charge in [-0.2, -0.15) is 0 Å². The van der Waals surface area contributed by atoms with Crippen molar-refractivity contribution >= 4 is 5.91 Å². The average Bonchev–Trinajstić information content (AvgIpc) is 2.91. The fraction of sp³-hybridized carbons (Fsp3) is 0.533. The summed E-state index contributed by atoms with van der Waals surface area (Å²) in [5.41, 5.74) is 0.639. The first-order valence-corrected chi connectivity index (χ1v) is 6.92. The van der Waals surface area contributed by atoms with E-state index in [0.29, 0.717) is 43.4 Å². The number of ether oxygens (including phenoxy) is 3. The Hall–Kier alpha value is -1.75. The summed E-state index contributed by atoms with van der Waals surface area (Å²) >= 11 is 0. The summed E-state index contributed by atoms with van der Waals surface area (Å²) in [4.78, 5) is 12.2. The van der Waals surface area contributed by atoms with Gasteiger partial charge in [0.05, 0.1) is 6.61 Å². The first-order valence-electron chi connectivity index (χ1n) is 6.92. The number of hydrogen-bond donors (Lipinski definition) is 1. The first-order chi connectivity index (χ1) is 9.66. The number of fused-ring (bicyclic) bond motifs is 1. The summed E-state index contributed by atoms with van der Waals surface area (Å²) in [6.45, 7) is 5.31. The lowest BCUT2D eigenvalue weighted by Gasteiger charge is -2.22. The molecule has 0 aromatic heterocycles. The highest BCUT2D eigenvalue weighted by Gasteiger charge is 2.30. The topological polar surface area (TPSA) is 56.8 Å². The van der Waals surface area contributed by atoms with Gasteiger partial charge in [-0.1, -0.05) is 6.92 Å². The molecule has 2 heterocycles. The normalized spacial score (nSPS) is 24.4. The molecule has 1 aromatic rings. The zero-order valence-corrected chi connectivity index (χ0v) is 11.6. The largest absolute Gasteiger partial charge is 0.486 e. The van der Waals surface area contributed by atoms with E-state index in [9.17, 15) is 4.79 Å². The minimum absolute atomic E-state index is 0.0451. The molecule has 1 fully saturated rings. The van der Waals surface area contributed by atoms with Crippen LogP contribution >= 0.6 is 0 Å². The van der Waals surface area contributed by atoms with E-state index in [-0.39, 0.29) is 11.3 Å². The summed E-state index contributed by atoms with van der Waals surface area (Å²) < 4.78 is 16.3. The Labute approximate surface area is 118 Å². The Bertz CT molecular complexity index is 509. The van der Waals surface area contributed by atoms with E-state index < -0.39 is 0 Å². The monoisotopic (exact) mass is 277 g/mol. The predicted molar refractivity (Wildman–Crippen MR) is 73.3 cm³/mol. The van der Waals surface area contributed by atoms with E-state index in [1.807, 2.05) is 0 Å². The molecule has 0 bridgehead atoms. The van der Waals surface area contributed by atoms with E-state index >= 15 is 0 Å². The third-order valence-electron chi connectivity index (χ3n) is 3.78. The molecule has 1 saturated heterocycles. The quantitative estimate of drug-likeness (QED) is 0.912. The molecule has 1 amide bonds. The van der Waals surface area contributed by atoms with Crippen LogP contribution in [0.5, 0.6) is 11.5 Å². The number of benzene rings is 1. The first kappa shape index (κ1) is 13.2. The van der Waals surface area contributed by atoms with Gasteiger partial charge in [-0.25, -0.2) is 0 Å². The Balaban J connectivity index is 1.65. The molecule has 5 heteroatoms. The number of carbonyl (C=O) groups excluding carboxylic acids is 1. The predicted octanol–water partition coefficient (Wildman–Crippen LogP) is 1.61. The minimum Gasteiger partial charge on any atom is -0.486 e. The maximum absolute atomic E-state index is 12.2. The van der Waals surface area contributed by atoms with Crippen molar-refractivity contribution < 1.29 is 19.0 Å². The van der Waals surface area contributed by atoms with Crippen LogP contribution in [0.25, 0.3) is 0 Å². The van der Waals surface area contributed by atoms with E-state index in [4.69, 9.17) is 14.2 Å². The van der Waals surface area contributed by atoms with Crippen molar-refractivity contribution in [2.45, 2.75) is 13.3 Å². The van der Waals surface area contributed by atoms with E-state index in [0.717, 1.165) is 13.0 Å². The van der Waals surface area contributed by atoms with Crippen molar-refractivity contribution in [1.29, 1.82) is 0 Å². The van der Waals surface area contributed by atoms with E-state index in [1.165, 1.54) is 0 Å². The standard InChI is InChI=1S/C15H19NO4/c1-15(4-5-18-10-15)9-16-14(17)11-2-3-12-13(8-11)20-7-6-19-12/h2-3,8H,4-7,9-10H2,1H3,(H,16,17)/t15-/m1/s1. The second kappa shape index (κ2) is 5.32. The summed E-state index contributed by atoms with van der Waals surface area (Å²) in [6, 6.07) is 5.28. The average molecular weight is 277 g/mol. The smallest absolute Gasteiger partial charge is 0.251 e. The van der Waals surface area contributed by atoms with Gasteiger partial charge in [0, 0.05) is 24.1 Å². The van der Waals surface area contributed by atoms with Crippen molar-refractivity contribution in [1.82, 2.24) is 5.32 Å². The molecule has 0 saturated carbocycles. The van der Waals surface area contributed by atoms with Crippen LogP contribution in [0.1, 0.15) is 23.7 Å². The molecule has 0 radical (unpaired) electrons. The number of hydrogen-bond acceptors (Lipinski definition) is 4. The van der Waals surface area contributed by atoms with E-state index in [2.05, 4.69) is 12.2 Å². The second-order valence-electron chi connectivity index (χ2n) is 5.65. The van der Waals surface area contributed by atoms with Gasteiger partial charge in [0.1, 0.15) is 13.2 Å². The lowest BCUT2D eigenvalue weighted by atomic mass is 9.90. The van der Waals surface area contributed by atoms with Gasteiger partial charge in [-0.3, -0.25) is 4.79 Å². The van der Waals surface area contributed by atoms with Crippen LogP contribution in [0.4, 0.5) is 0 Å². The summed E-state index contributed by atoms with van der Waals surface area (Å²) in [7, 11) is 0. The van der Waals surface area contributed by atoms with Crippen molar-refractivity contribution in [2.75, 3.05) is 33.0 Å². The lowest BCUT2D eigenvalue weighted by molar-refractivity contribution is 0.0923. The highest BCUT2D eigenvalue weighted by molar-refractivity contribution is 5.94. The molecule has 1 atom stereocenters. The van der Waals surface area contributed by atoms with Crippen LogP contribution in [0.2, 0.25) is 0 Å². The summed E-state index contributed by atoms with van der Waals surface area (Å²) in [5, 5.41) is 2.97. The lowest BCUT2D eigenvalue weighted by Crippen LogP contribution is -2.36. The van der Waals surface area contributed by atoms with Gasteiger partial charge < -0.3 is 19.5 Å². The number of carbonyl (C=O) groups is 1. The highest BCUT2D eigenvalue weighted by atomic mass is 16.6. The molecular formula is C15H19NO4. The van der Waals surface area contributed by atoms with Gasteiger partial charge in [0.15, 0.2) is 11.5 Å². The van der Waals surface area contributed by atoms with Crippen LogP contribution in [0.15, 0.2) is 18.2 Å². The molecule has 108 valence electrons. The maximum Gasteiger partial charge on any atom is 0.251 e. The van der Waals surface area contributed by atoms with Crippen molar-refractivity contribution in [2.24, 2.45) is 5.41 Å². The number of rotatable bonds is 3. The van der Waals surface area contributed by atoms with Crippen molar-refractivity contribution in [3.8, 4) is 11.5 Å². The third kappa shape index (κ3) is 2.72. The van der Waals surface area contributed by atoms with Gasteiger partial charge in [-0.15, -0.1) is 0 Å². The maximum atomic E-state index is 12.2. The van der Waals surface area contributed by atoms with Crippen LogP contribution in [0, 0.1) is 5.41 Å². The number of nitrogens with one attached hydrogen (secondary N) is 1. The van der Waals surface area contributed by atoms with Crippen molar-refractivity contribution in [3.63, 3.8) is 0 Å². The molecule has 2 aliphatic rings. The number of amides is 1. The Morgan fingerprint density at radius 3 is 2.80 bits per heavy atom. The molecule has 2 aliphatic heterocycles. The highest BCUT2D eigenvalue weighted by Crippen LogP contribution is 2.31. The summed E-state index contributed by atoms with van der Waals surface area (Å²) in [5.74, 6) is 1.25. The van der Waals surface area contributed by atoms with Gasteiger partial charge in [0.2, 0.25) is 0 Å². The zero-order valence-electron chi connectivity index (χ0n) is 11.6. The van der Waals surface area contributed by atoms with Gasteiger partial charge in [-0.05, 0) is 24.6 Å².